The van der Waals surface area contributed by atoms with E-state index in [1.807, 2.05) is 6.07 Å². The summed E-state index contributed by atoms with van der Waals surface area (Å²) in [7, 11) is 0. The highest BCUT2D eigenvalue weighted by molar-refractivity contribution is 6.17. The van der Waals surface area contributed by atoms with E-state index in [9.17, 15) is 4.39 Å². The van der Waals surface area contributed by atoms with Gasteiger partial charge < -0.3 is 4.90 Å². The molecule has 2 unspecified atom stereocenters. The Morgan fingerprint density at radius 1 is 1.44 bits per heavy atom. The number of hydrogen-bond acceptors (Lipinski definition) is 1. The second-order valence-corrected chi connectivity index (χ2v) is 4.99. The Kier molecular flexibility index (Phi) is 3.38. The average molecular weight is 242 g/mol. The van der Waals surface area contributed by atoms with Gasteiger partial charge in [0.1, 0.15) is 5.82 Å². The van der Waals surface area contributed by atoms with Crippen LogP contribution >= 0.6 is 11.6 Å². The third-order valence-electron chi connectivity index (χ3n) is 3.29. The molecular weight excluding hydrogens is 225 g/mol. The maximum Gasteiger partial charge on any atom is 0.146 e. The Bertz CT molecular complexity index is 380. The molecule has 0 aliphatic carbocycles. The van der Waals surface area contributed by atoms with Crippen LogP contribution in [0.4, 0.5) is 10.1 Å². The van der Waals surface area contributed by atoms with Crippen LogP contribution < -0.4 is 4.90 Å². The molecule has 0 amide bonds. The van der Waals surface area contributed by atoms with Crippen LogP contribution in [0.2, 0.25) is 0 Å². The first-order valence-electron chi connectivity index (χ1n) is 5.73. The van der Waals surface area contributed by atoms with Gasteiger partial charge in [-0.2, -0.15) is 0 Å². The number of benzene rings is 1. The van der Waals surface area contributed by atoms with Gasteiger partial charge >= 0.3 is 0 Å². The highest BCUT2D eigenvalue weighted by Crippen LogP contribution is 2.33. The van der Waals surface area contributed by atoms with Crippen molar-refractivity contribution in [3.8, 4) is 0 Å². The zero-order valence-electron chi connectivity index (χ0n) is 9.71. The van der Waals surface area contributed by atoms with Crippen molar-refractivity contribution in [3.63, 3.8) is 0 Å². The first-order valence-corrected chi connectivity index (χ1v) is 6.27. The zero-order chi connectivity index (χ0) is 11.7. The van der Waals surface area contributed by atoms with E-state index in [4.69, 9.17) is 11.6 Å². The van der Waals surface area contributed by atoms with Crippen LogP contribution in [0.5, 0.6) is 0 Å². The molecule has 16 heavy (non-hydrogen) atoms. The van der Waals surface area contributed by atoms with Crippen molar-refractivity contribution >= 4 is 17.3 Å². The molecule has 0 spiro atoms. The van der Waals surface area contributed by atoms with E-state index in [1.165, 1.54) is 6.07 Å². The molecule has 2 atom stereocenters. The van der Waals surface area contributed by atoms with Gasteiger partial charge in [0.15, 0.2) is 0 Å². The van der Waals surface area contributed by atoms with Crippen molar-refractivity contribution < 1.29 is 4.39 Å². The molecule has 1 fully saturated rings. The summed E-state index contributed by atoms with van der Waals surface area (Å²) in [5.74, 6) is 0.835. The maximum absolute atomic E-state index is 13.9. The smallest absolute Gasteiger partial charge is 0.146 e. The minimum Gasteiger partial charge on any atom is -0.366 e. The highest BCUT2D eigenvalue weighted by atomic mass is 35.5. The van der Waals surface area contributed by atoms with Gasteiger partial charge in [0.2, 0.25) is 0 Å². The summed E-state index contributed by atoms with van der Waals surface area (Å²) in [5.41, 5.74) is 1.59. The average Bonchev–Trinajstić information content (AvgIpc) is 2.57. The predicted molar refractivity (Wildman–Crippen MR) is 66.5 cm³/mol. The number of hydrogen-bond donors (Lipinski definition) is 0. The van der Waals surface area contributed by atoms with E-state index in [-0.39, 0.29) is 5.82 Å². The van der Waals surface area contributed by atoms with Crippen LogP contribution in [0.3, 0.4) is 0 Å². The molecular formula is C13H17ClFN. The van der Waals surface area contributed by atoms with Gasteiger partial charge in [0.25, 0.3) is 0 Å². The Morgan fingerprint density at radius 2 is 2.19 bits per heavy atom. The fraction of sp³-hybridized carbons (Fsp3) is 0.538. The SMILES string of the molecule is CC1CC(C)N(c2c(F)cccc2CCl)C1. The van der Waals surface area contributed by atoms with Gasteiger partial charge in [0.05, 0.1) is 5.69 Å². The molecule has 0 radical (unpaired) electrons. The minimum atomic E-state index is -0.154. The molecule has 3 heteroatoms. The van der Waals surface area contributed by atoms with Crippen LogP contribution in [-0.2, 0) is 5.88 Å². The molecule has 1 aromatic rings. The summed E-state index contributed by atoms with van der Waals surface area (Å²) in [5, 5.41) is 0. The monoisotopic (exact) mass is 241 g/mol. The Labute approximate surface area is 101 Å². The third kappa shape index (κ3) is 2.03. The molecule has 88 valence electrons. The topological polar surface area (TPSA) is 3.24 Å². The fourth-order valence-corrected chi connectivity index (χ4v) is 2.82. The van der Waals surface area contributed by atoms with Gasteiger partial charge in [-0.1, -0.05) is 19.1 Å². The molecule has 0 bridgehead atoms. The standard InChI is InChI=1S/C13H17ClFN/c1-9-6-10(2)16(8-9)13-11(7-14)4-3-5-12(13)15/h3-5,9-10H,6-8H2,1-2H3. The number of nitrogens with zero attached hydrogens (tertiary/aromatic N) is 1. The summed E-state index contributed by atoms with van der Waals surface area (Å²) in [4.78, 5) is 2.15. The lowest BCUT2D eigenvalue weighted by atomic mass is 10.1. The van der Waals surface area contributed by atoms with Crippen LogP contribution in [0.25, 0.3) is 0 Å². The summed E-state index contributed by atoms with van der Waals surface area (Å²) < 4.78 is 13.9. The summed E-state index contributed by atoms with van der Waals surface area (Å²) in [6.07, 6.45) is 1.12. The van der Waals surface area contributed by atoms with Crippen molar-refractivity contribution in [1.82, 2.24) is 0 Å². The van der Waals surface area contributed by atoms with Crippen LogP contribution in [-0.4, -0.2) is 12.6 Å². The van der Waals surface area contributed by atoms with E-state index in [1.54, 1.807) is 6.07 Å². The Morgan fingerprint density at radius 3 is 2.75 bits per heavy atom. The highest BCUT2D eigenvalue weighted by Gasteiger charge is 2.29. The Balaban J connectivity index is 2.39. The van der Waals surface area contributed by atoms with E-state index >= 15 is 0 Å². The number of rotatable bonds is 2. The first-order chi connectivity index (χ1) is 7.63. The van der Waals surface area contributed by atoms with Crippen molar-refractivity contribution in [2.24, 2.45) is 5.92 Å². The number of alkyl halides is 1. The van der Waals surface area contributed by atoms with Gasteiger partial charge in [-0.05, 0) is 30.9 Å². The number of anilines is 1. The minimum absolute atomic E-state index is 0.154. The van der Waals surface area contributed by atoms with Crippen LogP contribution in [0, 0.1) is 11.7 Å². The van der Waals surface area contributed by atoms with Crippen molar-refractivity contribution in [3.05, 3.63) is 29.6 Å². The van der Waals surface area contributed by atoms with E-state index in [0.29, 0.717) is 23.5 Å². The number of halogens is 2. The third-order valence-corrected chi connectivity index (χ3v) is 3.57. The van der Waals surface area contributed by atoms with Crippen LogP contribution in [0.15, 0.2) is 18.2 Å². The van der Waals surface area contributed by atoms with Gasteiger partial charge in [0, 0.05) is 18.5 Å². The maximum atomic E-state index is 13.9. The zero-order valence-corrected chi connectivity index (χ0v) is 10.5. The van der Waals surface area contributed by atoms with E-state index in [2.05, 4.69) is 18.7 Å². The molecule has 1 aromatic carbocycles. The molecule has 0 saturated carbocycles. The molecule has 2 rings (SSSR count). The molecule has 1 aliphatic rings. The van der Waals surface area contributed by atoms with Gasteiger partial charge in [-0.15, -0.1) is 11.6 Å². The van der Waals surface area contributed by atoms with E-state index in [0.717, 1.165) is 18.5 Å². The second-order valence-electron chi connectivity index (χ2n) is 4.72. The summed E-state index contributed by atoms with van der Waals surface area (Å²) in [6, 6.07) is 5.54. The lowest BCUT2D eigenvalue weighted by Crippen LogP contribution is -2.28. The van der Waals surface area contributed by atoms with Crippen molar-refractivity contribution in [1.29, 1.82) is 0 Å². The largest absolute Gasteiger partial charge is 0.366 e. The molecule has 1 nitrogen and oxygen atoms in total. The summed E-state index contributed by atoms with van der Waals surface area (Å²) >= 11 is 5.87. The normalized spacial score (nSPS) is 25.1. The summed E-state index contributed by atoms with van der Waals surface area (Å²) in [6.45, 7) is 5.28. The molecule has 1 saturated heterocycles. The Hall–Kier alpha value is -0.760. The quantitative estimate of drug-likeness (QED) is 0.712. The lowest BCUT2D eigenvalue weighted by Gasteiger charge is -2.26. The molecule has 1 heterocycles. The van der Waals surface area contributed by atoms with E-state index < -0.39 is 0 Å². The predicted octanol–water partition coefficient (Wildman–Crippen LogP) is 3.80. The van der Waals surface area contributed by atoms with Crippen molar-refractivity contribution in [2.45, 2.75) is 32.2 Å². The fourth-order valence-electron chi connectivity index (χ4n) is 2.60. The lowest BCUT2D eigenvalue weighted by molar-refractivity contribution is 0.610. The molecule has 0 N–H and O–H groups in total. The molecule has 1 aliphatic heterocycles. The van der Waals surface area contributed by atoms with Crippen molar-refractivity contribution in [2.75, 3.05) is 11.4 Å². The second kappa shape index (κ2) is 4.62. The van der Waals surface area contributed by atoms with Crippen LogP contribution in [0.1, 0.15) is 25.8 Å². The molecule has 0 aromatic heterocycles. The number of para-hydroxylation sites is 1. The van der Waals surface area contributed by atoms with Gasteiger partial charge in [-0.25, -0.2) is 4.39 Å². The van der Waals surface area contributed by atoms with Gasteiger partial charge in [-0.3, -0.25) is 0 Å². The first kappa shape index (κ1) is 11.7.